The molecule has 8 N–H and O–H groups in total. The van der Waals surface area contributed by atoms with Gasteiger partial charge in [0.2, 0.25) is 35.4 Å². The van der Waals surface area contributed by atoms with Gasteiger partial charge in [0.05, 0.1) is 18.2 Å². The first-order valence-electron chi connectivity index (χ1n) is 24.3. The Kier molecular flexibility index (Phi) is 18.6. The molecular formula is C54H66N8O8. The van der Waals surface area contributed by atoms with Crippen LogP contribution in [-0.2, 0) is 41.6 Å². The summed E-state index contributed by atoms with van der Waals surface area (Å²) in [6.45, 7) is 8.01. The van der Waals surface area contributed by atoms with Crippen LogP contribution in [0.15, 0.2) is 103 Å². The van der Waals surface area contributed by atoms with Crippen LogP contribution >= 0.6 is 0 Å². The van der Waals surface area contributed by atoms with E-state index in [1.54, 1.807) is 49.4 Å². The maximum Gasteiger partial charge on any atom is 0.246 e. The zero-order chi connectivity index (χ0) is 50.3. The first-order valence-corrected chi connectivity index (χ1v) is 24.3. The summed E-state index contributed by atoms with van der Waals surface area (Å²) in [4.78, 5) is 111. The number of carbonyl (C=O) groups is 8. The number of nitrogens with one attached hydrogen (secondary N) is 6. The maximum absolute atomic E-state index is 14.3. The maximum atomic E-state index is 14.3. The van der Waals surface area contributed by atoms with Gasteiger partial charge >= 0.3 is 0 Å². The highest BCUT2D eigenvalue weighted by atomic mass is 16.2. The van der Waals surface area contributed by atoms with Gasteiger partial charge in [-0.05, 0) is 54.7 Å². The summed E-state index contributed by atoms with van der Waals surface area (Å²) >= 11 is 0. The van der Waals surface area contributed by atoms with Gasteiger partial charge < -0.3 is 42.5 Å². The topological polar surface area (TPSA) is 238 Å². The number of carbonyl (C=O) groups excluding carboxylic acids is 8. The van der Waals surface area contributed by atoms with Gasteiger partial charge in [-0.3, -0.25) is 38.4 Å². The van der Waals surface area contributed by atoms with E-state index in [2.05, 4.69) is 31.9 Å². The number of ketones is 2. The van der Waals surface area contributed by atoms with Crippen molar-refractivity contribution in [2.75, 3.05) is 31.5 Å². The van der Waals surface area contributed by atoms with Gasteiger partial charge in [0.1, 0.15) is 24.2 Å². The molecular weight excluding hydrogens is 889 g/mol. The third-order valence-corrected chi connectivity index (χ3v) is 12.9. The van der Waals surface area contributed by atoms with Crippen molar-refractivity contribution in [2.45, 2.75) is 103 Å². The summed E-state index contributed by atoms with van der Waals surface area (Å²) in [5.41, 5.74) is 9.67. The molecule has 4 aromatic rings. The highest BCUT2D eigenvalue weighted by molar-refractivity contribution is 6.30. The molecule has 1 aliphatic heterocycles. The van der Waals surface area contributed by atoms with Crippen LogP contribution in [-0.4, -0.2) is 108 Å². The fourth-order valence-electron chi connectivity index (χ4n) is 8.92. The summed E-state index contributed by atoms with van der Waals surface area (Å²) in [7, 11) is 0. The van der Waals surface area contributed by atoms with E-state index in [1.807, 2.05) is 81.4 Å². The molecule has 6 amide bonds. The molecule has 1 fully saturated rings. The van der Waals surface area contributed by atoms with Crippen LogP contribution < -0.4 is 37.6 Å². The number of hydrogen-bond donors (Lipinski definition) is 7. The fourth-order valence-corrected chi connectivity index (χ4v) is 8.92. The molecule has 1 aliphatic carbocycles. The molecule has 70 heavy (non-hydrogen) atoms. The summed E-state index contributed by atoms with van der Waals surface area (Å²) in [6.07, 6.45) is 2.68. The Balaban J connectivity index is 1.05. The van der Waals surface area contributed by atoms with Crippen LogP contribution in [0.4, 0.5) is 5.69 Å². The van der Waals surface area contributed by atoms with Crippen LogP contribution in [0.3, 0.4) is 0 Å². The van der Waals surface area contributed by atoms with Crippen LogP contribution in [0.2, 0.25) is 0 Å². The summed E-state index contributed by atoms with van der Waals surface area (Å²) in [5.74, 6) is -3.76. The molecule has 16 heteroatoms. The third kappa shape index (κ3) is 13.5. The van der Waals surface area contributed by atoms with E-state index >= 15 is 0 Å². The van der Waals surface area contributed by atoms with Gasteiger partial charge in [-0.25, -0.2) is 0 Å². The van der Waals surface area contributed by atoms with Gasteiger partial charge in [-0.15, -0.1) is 0 Å². The standard InChI is InChI=1S/C54H66N8O8/c1-5-34(4)47(61-51(67)42(30-35-17-8-6-9-18-35)60-50(66)40(55)29-33(2)3)53(69)58-32-45(63)59-43(31-36-19-10-7-11-20-36)54(70)62-28-15-25-44(62)52(68)57-27-16-26-56-41-24-14-23-39-46(41)49(65)38-22-13-12-21-37(38)48(39)64/h6-14,17-24,33-34,40,42-44,47,56H,5,15-16,25-32,55H2,1-4H3,(H,57,68)(H,58,69)(H,59,63)(H,60,66)(H,61,67)/t34-,40-,42-,43-,44+,47-/m0/s1. The van der Waals surface area contributed by atoms with Crippen molar-refractivity contribution in [3.05, 3.63) is 137 Å². The number of anilines is 1. The summed E-state index contributed by atoms with van der Waals surface area (Å²) in [6, 6.07) is 25.4. The minimum atomic E-state index is -1.07. The Bertz CT molecular complexity index is 2520. The predicted octanol–water partition coefficient (Wildman–Crippen LogP) is 3.85. The van der Waals surface area contributed by atoms with Crippen molar-refractivity contribution in [3.63, 3.8) is 0 Å². The first-order chi connectivity index (χ1) is 33.7. The zero-order valence-electron chi connectivity index (χ0n) is 40.4. The lowest BCUT2D eigenvalue weighted by atomic mass is 9.83. The monoisotopic (exact) mass is 955 g/mol. The van der Waals surface area contributed by atoms with Crippen molar-refractivity contribution in [2.24, 2.45) is 17.6 Å². The van der Waals surface area contributed by atoms with E-state index in [0.717, 1.165) is 11.1 Å². The Morgan fingerprint density at radius 3 is 1.93 bits per heavy atom. The van der Waals surface area contributed by atoms with Gasteiger partial charge in [0, 0.05) is 54.9 Å². The molecule has 6 atom stereocenters. The third-order valence-electron chi connectivity index (χ3n) is 12.9. The van der Waals surface area contributed by atoms with Crippen LogP contribution in [0.1, 0.15) is 103 Å². The molecule has 1 saturated heterocycles. The number of hydrogen-bond acceptors (Lipinski definition) is 10. The number of benzene rings is 4. The molecule has 0 bridgehead atoms. The Morgan fingerprint density at radius 1 is 0.671 bits per heavy atom. The molecule has 16 nitrogen and oxygen atoms in total. The van der Waals surface area contributed by atoms with Gasteiger partial charge in [0.15, 0.2) is 11.6 Å². The first kappa shape index (κ1) is 52.2. The molecule has 0 saturated carbocycles. The fraction of sp³-hybridized carbons (Fsp3) is 0.407. The van der Waals surface area contributed by atoms with E-state index in [1.165, 1.54) is 4.90 Å². The second kappa shape index (κ2) is 24.9. The quantitative estimate of drug-likeness (QED) is 0.0467. The van der Waals surface area contributed by atoms with Gasteiger partial charge in [-0.2, -0.15) is 0 Å². The molecule has 1 heterocycles. The number of rotatable bonds is 23. The minimum Gasteiger partial charge on any atom is -0.384 e. The smallest absolute Gasteiger partial charge is 0.246 e. The molecule has 0 radical (unpaired) electrons. The lowest BCUT2D eigenvalue weighted by Crippen LogP contribution is -2.59. The van der Waals surface area contributed by atoms with E-state index in [4.69, 9.17) is 5.73 Å². The molecule has 4 aromatic carbocycles. The molecule has 0 aromatic heterocycles. The molecule has 0 spiro atoms. The number of amides is 6. The van der Waals surface area contributed by atoms with Crippen LogP contribution in [0, 0.1) is 11.8 Å². The Hall–Kier alpha value is -7.20. The molecule has 0 unspecified atom stereocenters. The van der Waals surface area contributed by atoms with Crippen LogP contribution in [0.5, 0.6) is 0 Å². The van der Waals surface area contributed by atoms with Gasteiger partial charge in [-0.1, -0.05) is 131 Å². The zero-order valence-corrected chi connectivity index (χ0v) is 40.4. The predicted molar refractivity (Wildman–Crippen MR) is 267 cm³/mol. The van der Waals surface area contributed by atoms with Crippen molar-refractivity contribution in [3.8, 4) is 0 Å². The average Bonchev–Trinajstić information content (AvgIpc) is 3.86. The molecule has 370 valence electrons. The van der Waals surface area contributed by atoms with Gasteiger partial charge in [0.25, 0.3) is 0 Å². The van der Waals surface area contributed by atoms with E-state index in [9.17, 15) is 38.4 Å². The summed E-state index contributed by atoms with van der Waals surface area (Å²) < 4.78 is 0. The molecule has 6 rings (SSSR count). The van der Waals surface area contributed by atoms with E-state index < -0.39 is 66.3 Å². The largest absolute Gasteiger partial charge is 0.384 e. The highest BCUT2D eigenvalue weighted by Gasteiger charge is 2.38. The van der Waals surface area contributed by atoms with Crippen molar-refractivity contribution in [1.29, 1.82) is 0 Å². The summed E-state index contributed by atoms with van der Waals surface area (Å²) in [5, 5.41) is 17.3. The van der Waals surface area contributed by atoms with Crippen molar-refractivity contribution < 1.29 is 38.4 Å². The lowest BCUT2D eigenvalue weighted by molar-refractivity contribution is -0.141. The Labute approximate surface area is 409 Å². The Morgan fingerprint density at radius 2 is 1.29 bits per heavy atom. The number of nitrogens with zero attached hydrogens (tertiary/aromatic N) is 1. The van der Waals surface area contributed by atoms with Crippen LogP contribution in [0.25, 0.3) is 0 Å². The van der Waals surface area contributed by atoms with E-state index in [0.29, 0.717) is 73.1 Å². The lowest BCUT2D eigenvalue weighted by Gasteiger charge is -2.29. The number of fused-ring (bicyclic) bond motifs is 2. The minimum absolute atomic E-state index is 0.125. The highest BCUT2D eigenvalue weighted by Crippen LogP contribution is 2.32. The van der Waals surface area contributed by atoms with Crippen molar-refractivity contribution >= 4 is 52.7 Å². The average molecular weight is 955 g/mol. The normalized spacial score (nSPS) is 16.1. The second-order valence-corrected chi connectivity index (χ2v) is 18.6. The molecule has 2 aliphatic rings. The number of nitrogens with two attached hydrogens (primary N) is 1. The van der Waals surface area contributed by atoms with E-state index in [-0.39, 0.29) is 48.7 Å². The second-order valence-electron chi connectivity index (χ2n) is 18.6. The van der Waals surface area contributed by atoms with Crippen molar-refractivity contribution in [1.82, 2.24) is 31.5 Å². The number of likely N-dealkylation sites (tertiary alicyclic amines) is 1. The SMILES string of the molecule is CC[C@H](C)[C@H](NC(=O)[C@H](Cc1ccccc1)NC(=O)[C@@H](N)CC(C)C)C(=O)NCC(=O)N[C@@H](Cc1ccccc1)C(=O)N1CCC[C@@H]1C(=O)NCCCNc1cccc2c1C(=O)c1ccccc1C2=O.